The number of H-pyrrole nitrogens is 2. The number of para-hydroxylation sites is 1. The zero-order valence-electron chi connectivity index (χ0n) is 10.6. The lowest BCUT2D eigenvalue weighted by atomic mass is 10.3. The predicted molar refractivity (Wildman–Crippen MR) is 72.9 cm³/mol. The van der Waals surface area contributed by atoms with Crippen LogP contribution in [0.3, 0.4) is 0 Å². The second kappa shape index (κ2) is 6.13. The number of nitrogens with one attached hydrogen (secondary N) is 2. The molecule has 0 amide bonds. The molecule has 0 saturated heterocycles. The first kappa shape index (κ1) is 13.2. The number of hydrogen-bond acceptors (Lipinski definition) is 8. The largest absolute Gasteiger partial charge is 0.426 e. The van der Waals surface area contributed by atoms with Gasteiger partial charge in [-0.1, -0.05) is 35.2 Å². The molecule has 0 atom stereocenters. The zero-order chi connectivity index (χ0) is 14.5. The second-order valence-electron chi connectivity index (χ2n) is 3.77. The molecule has 0 radical (unpaired) electrons. The lowest BCUT2D eigenvalue weighted by Crippen LogP contribution is -2.13. The van der Waals surface area contributed by atoms with E-state index in [0.717, 1.165) is 0 Å². The van der Waals surface area contributed by atoms with E-state index in [1.807, 2.05) is 18.2 Å². The summed E-state index contributed by atoms with van der Waals surface area (Å²) in [6, 6.07) is 9.10. The fraction of sp³-hybridized carbons (Fsp3) is 0.0909. The fourth-order valence-electron chi connectivity index (χ4n) is 1.43. The van der Waals surface area contributed by atoms with Gasteiger partial charge < -0.3 is 4.74 Å². The third-order valence-corrected chi connectivity index (χ3v) is 3.13. The number of benzene rings is 1. The molecule has 0 aliphatic heterocycles. The maximum Gasteiger partial charge on any atom is 0.351 e. The summed E-state index contributed by atoms with van der Waals surface area (Å²) in [4.78, 5) is 21.8. The predicted octanol–water partition coefficient (Wildman–Crippen LogP) is 0.763. The van der Waals surface area contributed by atoms with Crippen LogP contribution in [0.15, 0.2) is 40.3 Å². The van der Waals surface area contributed by atoms with Crippen molar-refractivity contribution in [1.82, 2.24) is 35.6 Å². The monoisotopic (exact) mass is 303 g/mol. The zero-order valence-corrected chi connectivity index (χ0v) is 11.4. The van der Waals surface area contributed by atoms with Gasteiger partial charge in [0.2, 0.25) is 0 Å². The Morgan fingerprint density at radius 2 is 2.05 bits per heavy atom. The van der Waals surface area contributed by atoms with Gasteiger partial charge in [-0.05, 0) is 12.1 Å². The van der Waals surface area contributed by atoms with E-state index in [1.165, 1.54) is 11.8 Å². The second-order valence-corrected chi connectivity index (χ2v) is 4.72. The Bertz CT molecular complexity index is 760. The van der Waals surface area contributed by atoms with Crippen molar-refractivity contribution in [2.24, 2.45) is 0 Å². The summed E-state index contributed by atoms with van der Waals surface area (Å²) in [6.07, 6.45) is 0. The standard InChI is InChI=1S/C11H9N7O2S/c19-9-12-10(20-7-4-2-1-3-5-7)14-11(13-9)21-6-8-15-17-18-16-8/h1-5H,6H2,(H,12,13,14,19)(H,15,16,17,18). The van der Waals surface area contributed by atoms with E-state index in [0.29, 0.717) is 17.3 Å². The highest BCUT2D eigenvalue weighted by atomic mass is 32.2. The van der Waals surface area contributed by atoms with Crippen LogP contribution in [0.25, 0.3) is 0 Å². The molecule has 3 rings (SSSR count). The summed E-state index contributed by atoms with van der Waals surface area (Å²) in [6.45, 7) is 0. The Morgan fingerprint density at radius 1 is 1.19 bits per heavy atom. The molecule has 2 N–H and O–H groups in total. The highest BCUT2D eigenvalue weighted by Crippen LogP contribution is 2.19. The molecule has 1 aromatic carbocycles. The summed E-state index contributed by atoms with van der Waals surface area (Å²) in [5.41, 5.74) is -0.536. The maximum atomic E-state index is 11.5. The Hall–Kier alpha value is -2.75. The van der Waals surface area contributed by atoms with Crippen molar-refractivity contribution in [2.75, 3.05) is 0 Å². The van der Waals surface area contributed by atoms with Crippen LogP contribution in [0.2, 0.25) is 0 Å². The molecular weight excluding hydrogens is 294 g/mol. The molecule has 0 aliphatic carbocycles. The van der Waals surface area contributed by atoms with Crippen LogP contribution in [0, 0.1) is 0 Å². The average Bonchev–Trinajstić information content (AvgIpc) is 2.99. The van der Waals surface area contributed by atoms with Gasteiger partial charge in [-0.2, -0.15) is 15.2 Å². The minimum atomic E-state index is -0.536. The van der Waals surface area contributed by atoms with Gasteiger partial charge in [0.15, 0.2) is 11.0 Å². The van der Waals surface area contributed by atoms with Gasteiger partial charge in [0.25, 0.3) is 0 Å². The average molecular weight is 303 g/mol. The Morgan fingerprint density at radius 3 is 2.81 bits per heavy atom. The Kier molecular flexibility index (Phi) is 3.87. The number of ether oxygens (including phenoxy) is 1. The molecule has 2 aromatic heterocycles. The molecule has 0 spiro atoms. The third-order valence-electron chi connectivity index (χ3n) is 2.29. The topological polar surface area (TPSA) is 122 Å². The Balaban J connectivity index is 1.75. The van der Waals surface area contributed by atoms with Crippen molar-refractivity contribution in [3.63, 3.8) is 0 Å². The number of thioether (sulfide) groups is 1. The first-order valence-electron chi connectivity index (χ1n) is 5.86. The normalized spacial score (nSPS) is 10.5. The van der Waals surface area contributed by atoms with Crippen LogP contribution in [0.1, 0.15) is 5.82 Å². The van der Waals surface area contributed by atoms with Crippen LogP contribution in [-0.2, 0) is 5.75 Å². The lowest BCUT2D eigenvalue weighted by Gasteiger charge is -2.04. The van der Waals surface area contributed by atoms with Gasteiger partial charge in [0.1, 0.15) is 5.75 Å². The van der Waals surface area contributed by atoms with Gasteiger partial charge in [-0.15, -0.1) is 10.2 Å². The van der Waals surface area contributed by atoms with Crippen LogP contribution >= 0.6 is 11.8 Å². The molecule has 3 aromatic rings. The summed E-state index contributed by atoms with van der Waals surface area (Å²) in [5.74, 6) is 1.46. The van der Waals surface area contributed by atoms with E-state index < -0.39 is 5.69 Å². The van der Waals surface area contributed by atoms with Gasteiger partial charge >= 0.3 is 11.7 Å². The number of nitrogens with zero attached hydrogens (tertiary/aromatic N) is 5. The number of aromatic amines is 2. The van der Waals surface area contributed by atoms with Gasteiger partial charge in [0.05, 0.1) is 5.75 Å². The first-order valence-corrected chi connectivity index (χ1v) is 6.84. The third kappa shape index (κ3) is 3.63. The lowest BCUT2D eigenvalue weighted by molar-refractivity contribution is 0.429. The van der Waals surface area contributed by atoms with E-state index in [4.69, 9.17) is 4.74 Å². The molecule has 0 fully saturated rings. The molecule has 0 unspecified atom stereocenters. The number of rotatable bonds is 5. The van der Waals surface area contributed by atoms with E-state index in [1.54, 1.807) is 12.1 Å². The molecule has 2 heterocycles. The van der Waals surface area contributed by atoms with Crippen molar-refractivity contribution in [2.45, 2.75) is 10.9 Å². The fourth-order valence-corrected chi connectivity index (χ4v) is 2.11. The van der Waals surface area contributed by atoms with Crippen molar-refractivity contribution in [1.29, 1.82) is 0 Å². The minimum absolute atomic E-state index is 0.0804. The molecule has 0 aliphatic rings. The quantitative estimate of drug-likeness (QED) is 0.662. The van der Waals surface area contributed by atoms with Gasteiger partial charge in [-0.25, -0.2) is 4.79 Å². The van der Waals surface area contributed by atoms with Crippen molar-refractivity contribution in [3.8, 4) is 11.8 Å². The number of tetrazole rings is 1. The molecule has 0 saturated carbocycles. The number of aromatic nitrogens is 7. The smallest absolute Gasteiger partial charge is 0.351 e. The van der Waals surface area contributed by atoms with Crippen LogP contribution in [0.4, 0.5) is 0 Å². The van der Waals surface area contributed by atoms with E-state index in [2.05, 4.69) is 35.6 Å². The highest BCUT2D eigenvalue weighted by molar-refractivity contribution is 7.98. The van der Waals surface area contributed by atoms with Crippen LogP contribution in [-0.4, -0.2) is 35.6 Å². The van der Waals surface area contributed by atoms with E-state index >= 15 is 0 Å². The van der Waals surface area contributed by atoms with Gasteiger partial charge in [-0.3, -0.25) is 4.98 Å². The Labute approximate surface area is 122 Å². The minimum Gasteiger partial charge on any atom is -0.426 e. The van der Waals surface area contributed by atoms with Crippen molar-refractivity contribution >= 4 is 11.8 Å². The summed E-state index contributed by atoms with van der Waals surface area (Å²) in [7, 11) is 0. The molecule has 10 heteroatoms. The van der Waals surface area contributed by atoms with E-state index in [9.17, 15) is 4.79 Å². The van der Waals surface area contributed by atoms with Gasteiger partial charge in [0, 0.05) is 0 Å². The molecule has 106 valence electrons. The first-order chi connectivity index (χ1) is 10.3. The summed E-state index contributed by atoms with van der Waals surface area (Å²) >= 11 is 1.21. The van der Waals surface area contributed by atoms with Crippen LogP contribution in [0.5, 0.6) is 11.8 Å². The van der Waals surface area contributed by atoms with E-state index in [-0.39, 0.29) is 11.2 Å². The van der Waals surface area contributed by atoms with Crippen LogP contribution < -0.4 is 10.4 Å². The summed E-state index contributed by atoms with van der Waals surface area (Å²) in [5, 5.41) is 13.7. The number of hydrogen-bond donors (Lipinski definition) is 2. The molecular formula is C11H9N7O2S. The van der Waals surface area contributed by atoms with Crippen molar-refractivity contribution < 1.29 is 4.74 Å². The maximum absolute atomic E-state index is 11.5. The SMILES string of the molecule is O=c1nc(SCc2nn[nH]n2)nc(Oc2ccccc2)[nH]1. The molecule has 21 heavy (non-hydrogen) atoms. The molecule has 9 nitrogen and oxygen atoms in total. The highest BCUT2D eigenvalue weighted by Gasteiger charge is 2.07. The van der Waals surface area contributed by atoms with Crippen molar-refractivity contribution in [3.05, 3.63) is 46.6 Å². The molecule has 0 bridgehead atoms. The summed E-state index contributed by atoms with van der Waals surface area (Å²) < 4.78 is 5.47.